The van der Waals surface area contributed by atoms with Crippen LogP contribution in [0.3, 0.4) is 0 Å². The zero-order valence-electron chi connectivity index (χ0n) is 15.3. The molecule has 0 aliphatic carbocycles. The van der Waals surface area contributed by atoms with Crippen LogP contribution in [0.15, 0.2) is 48.5 Å². The van der Waals surface area contributed by atoms with Crippen molar-refractivity contribution in [3.05, 3.63) is 65.2 Å². The lowest BCUT2D eigenvalue weighted by Gasteiger charge is -2.42. The molecule has 0 aromatic heterocycles. The zero-order chi connectivity index (χ0) is 19.6. The molecule has 4 N–H and O–H groups in total. The van der Waals surface area contributed by atoms with Crippen LogP contribution in [0, 0.1) is 11.3 Å². The van der Waals surface area contributed by atoms with Gasteiger partial charge < -0.3 is 20.9 Å². The molecule has 1 heterocycles. The average molecular weight is 365 g/mol. The predicted molar refractivity (Wildman–Crippen MR) is 101 cm³/mol. The van der Waals surface area contributed by atoms with Crippen LogP contribution in [0.4, 0.5) is 0 Å². The van der Waals surface area contributed by atoms with Gasteiger partial charge in [-0.1, -0.05) is 30.3 Å². The summed E-state index contributed by atoms with van der Waals surface area (Å²) < 4.78 is 5.86. The lowest BCUT2D eigenvalue weighted by Crippen LogP contribution is -2.55. The van der Waals surface area contributed by atoms with Crippen molar-refractivity contribution < 1.29 is 14.6 Å². The first-order chi connectivity index (χ1) is 12.8. The molecule has 0 bridgehead atoms. The molecule has 0 spiro atoms. The molecule has 6 nitrogen and oxygen atoms in total. The van der Waals surface area contributed by atoms with Crippen molar-refractivity contribution in [3.8, 4) is 11.8 Å². The van der Waals surface area contributed by atoms with Crippen molar-refractivity contribution in [1.29, 1.82) is 5.26 Å². The lowest BCUT2D eigenvalue weighted by atomic mass is 9.85. The number of aliphatic hydroxyl groups is 1. The minimum absolute atomic E-state index is 0.367. The highest BCUT2D eigenvalue weighted by Crippen LogP contribution is 2.40. The number of nitrogens with two attached hydrogens (primary N) is 1. The summed E-state index contributed by atoms with van der Waals surface area (Å²) >= 11 is 0. The van der Waals surface area contributed by atoms with Gasteiger partial charge in [0.1, 0.15) is 17.5 Å². The van der Waals surface area contributed by atoms with Crippen molar-refractivity contribution in [2.24, 2.45) is 5.73 Å². The van der Waals surface area contributed by atoms with Gasteiger partial charge in [-0.05, 0) is 44.0 Å². The summed E-state index contributed by atoms with van der Waals surface area (Å²) in [4.78, 5) is 12.7. The fraction of sp³-hybridized carbons (Fsp3) is 0.333. The van der Waals surface area contributed by atoms with E-state index in [1.807, 2.05) is 30.3 Å². The molecule has 0 saturated carbocycles. The number of carbonyl (C=O) groups excluding carboxylic acids is 1. The summed E-state index contributed by atoms with van der Waals surface area (Å²) in [5.74, 6) is 0.167. The van der Waals surface area contributed by atoms with Crippen LogP contribution in [0.25, 0.3) is 0 Å². The Hall–Kier alpha value is -2.88. The van der Waals surface area contributed by atoms with Gasteiger partial charge in [-0.3, -0.25) is 4.79 Å². The first-order valence-electron chi connectivity index (χ1n) is 8.83. The molecule has 1 amide bonds. The van der Waals surface area contributed by atoms with E-state index in [-0.39, 0.29) is 5.91 Å². The zero-order valence-corrected chi connectivity index (χ0v) is 15.3. The summed E-state index contributed by atoms with van der Waals surface area (Å²) in [6, 6.07) is 15.1. The number of hydrogen-bond acceptors (Lipinski definition) is 5. The molecular weight excluding hydrogens is 342 g/mol. The molecule has 3 atom stereocenters. The Morgan fingerprint density at radius 1 is 1.33 bits per heavy atom. The number of nitrogens with zero attached hydrogens (tertiary/aromatic N) is 1. The SMILES string of the molecule is CC1(C)Oc2ccc(C#N)cc2[C@H](NC(=O)[C@H](N)Cc2ccccc2)[C@H]1O. The minimum atomic E-state index is -0.994. The van der Waals surface area contributed by atoms with Crippen molar-refractivity contribution >= 4 is 5.91 Å². The number of benzene rings is 2. The second-order valence-electron chi connectivity index (χ2n) is 7.30. The summed E-state index contributed by atoms with van der Waals surface area (Å²) in [5.41, 5.74) is 7.13. The third kappa shape index (κ3) is 3.95. The van der Waals surface area contributed by atoms with Gasteiger partial charge in [0, 0.05) is 5.56 Å². The molecular formula is C21H23N3O3. The van der Waals surface area contributed by atoms with Gasteiger partial charge >= 0.3 is 0 Å². The third-order valence-corrected chi connectivity index (χ3v) is 4.81. The van der Waals surface area contributed by atoms with Crippen LogP contribution < -0.4 is 15.8 Å². The van der Waals surface area contributed by atoms with Crippen molar-refractivity contribution in [1.82, 2.24) is 5.32 Å². The molecule has 0 unspecified atom stereocenters. The van der Waals surface area contributed by atoms with Gasteiger partial charge in [-0.15, -0.1) is 0 Å². The van der Waals surface area contributed by atoms with E-state index in [9.17, 15) is 9.90 Å². The normalized spacial score (nSPS) is 21.3. The minimum Gasteiger partial charge on any atom is -0.485 e. The number of rotatable bonds is 4. The van der Waals surface area contributed by atoms with Crippen LogP contribution in [-0.2, 0) is 11.2 Å². The topological polar surface area (TPSA) is 108 Å². The van der Waals surface area contributed by atoms with E-state index in [1.165, 1.54) is 0 Å². The molecule has 140 valence electrons. The fourth-order valence-corrected chi connectivity index (χ4v) is 3.25. The quantitative estimate of drug-likeness (QED) is 0.766. The number of hydrogen-bond donors (Lipinski definition) is 3. The lowest BCUT2D eigenvalue weighted by molar-refractivity contribution is -0.126. The standard InChI is InChI=1S/C21H23N3O3/c1-21(2)19(25)18(15-10-14(12-22)8-9-17(15)27-21)24-20(26)16(23)11-13-6-4-3-5-7-13/h3-10,16,18-19,25H,11,23H2,1-2H3,(H,24,26)/t16-,18+,19-/m1/s1. The smallest absolute Gasteiger partial charge is 0.237 e. The van der Waals surface area contributed by atoms with Crippen LogP contribution in [0.2, 0.25) is 0 Å². The van der Waals surface area contributed by atoms with Gasteiger partial charge in [-0.2, -0.15) is 5.26 Å². The second kappa shape index (κ2) is 7.39. The first kappa shape index (κ1) is 18.9. The molecule has 0 saturated heterocycles. The van der Waals surface area contributed by atoms with E-state index in [2.05, 4.69) is 11.4 Å². The van der Waals surface area contributed by atoms with E-state index >= 15 is 0 Å². The van der Waals surface area contributed by atoms with Crippen LogP contribution in [-0.4, -0.2) is 28.8 Å². The Labute approximate surface area is 158 Å². The number of ether oxygens (including phenoxy) is 1. The van der Waals surface area contributed by atoms with E-state index < -0.39 is 23.8 Å². The largest absolute Gasteiger partial charge is 0.485 e. The highest BCUT2D eigenvalue weighted by molar-refractivity contribution is 5.82. The molecule has 2 aromatic carbocycles. The van der Waals surface area contributed by atoms with Gasteiger partial charge in [0.25, 0.3) is 0 Å². The Morgan fingerprint density at radius 3 is 2.70 bits per heavy atom. The predicted octanol–water partition coefficient (Wildman–Crippen LogP) is 1.82. The highest BCUT2D eigenvalue weighted by Gasteiger charge is 2.44. The number of nitrogens with one attached hydrogen (secondary N) is 1. The van der Waals surface area contributed by atoms with Crippen molar-refractivity contribution in [2.45, 2.75) is 44.1 Å². The molecule has 1 aliphatic rings. The molecule has 0 radical (unpaired) electrons. The number of fused-ring (bicyclic) bond motifs is 1. The van der Waals surface area contributed by atoms with Gasteiger partial charge in [0.2, 0.25) is 5.91 Å². The van der Waals surface area contributed by atoms with E-state index in [1.54, 1.807) is 32.0 Å². The van der Waals surface area contributed by atoms with Crippen molar-refractivity contribution in [2.75, 3.05) is 0 Å². The molecule has 6 heteroatoms. The van der Waals surface area contributed by atoms with Crippen LogP contribution in [0.5, 0.6) is 5.75 Å². The Bertz CT molecular complexity index is 874. The molecule has 0 fully saturated rings. The Balaban J connectivity index is 1.84. The maximum absolute atomic E-state index is 12.7. The van der Waals surface area contributed by atoms with Crippen molar-refractivity contribution in [3.63, 3.8) is 0 Å². The second-order valence-corrected chi connectivity index (χ2v) is 7.30. The summed E-state index contributed by atoms with van der Waals surface area (Å²) in [6.45, 7) is 3.50. The summed E-state index contributed by atoms with van der Waals surface area (Å²) in [7, 11) is 0. The van der Waals surface area contributed by atoms with Crippen LogP contribution in [0.1, 0.15) is 36.6 Å². The van der Waals surface area contributed by atoms with E-state index in [4.69, 9.17) is 15.7 Å². The summed E-state index contributed by atoms with van der Waals surface area (Å²) in [5, 5.41) is 22.8. The average Bonchev–Trinajstić information content (AvgIpc) is 2.65. The van der Waals surface area contributed by atoms with Crippen LogP contribution >= 0.6 is 0 Å². The van der Waals surface area contributed by atoms with Gasteiger partial charge in [-0.25, -0.2) is 0 Å². The number of carbonyl (C=O) groups is 1. The number of aliphatic hydroxyl groups excluding tert-OH is 1. The van der Waals surface area contributed by atoms with Gasteiger partial charge in [0.05, 0.1) is 23.7 Å². The molecule has 27 heavy (non-hydrogen) atoms. The van der Waals surface area contributed by atoms with E-state index in [0.29, 0.717) is 23.3 Å². The highest BCUT2D eigenvalue weighted by atomic mass is 16.5. The maximum atomic E-state index is 12.7. The molecule has 1 aliphatic heterocycles. The first-order valence-corrected chi connectivity index (χ1v) is 8.83. The molecule has 3 rings (SSSR count). The number of amides is 1. The Kier molecular flexibility index (Phi) is 5.17. The third-order valence-electron chi connectivity index (χ3n) is 4.81. The van der Waals surface area contributed by atoms with E-state index in [0.717, 1.165) is 5.56 Å². The maximum Gasteiger partial charge on any atom is 0.237 e. The van der Waals surface area contributed by atoms with Gasteiger partial charge in [0.15, 0.2) is 0 Å². The summed E-state index contributed by atoms with van der Waals surface area (Å²) in [6.07, 6.45) is -0.604. The molecule has 2 aromatic rings. The Morgan fingerprint density at radius 2 is 2.04 bits per heavy atom. The monoisotopic (exact) mass is 365 g/mol. The fourth-order valence-electron chi connectivity index (χ4n) is 3.25. The number of nitriles is 1.